The molecule has 4 heteroatoms. The van der Waals surface area contributed by atoms with Crippen LogP contribution in [-0.4, -0.2) is 13.7 Å². The van der Waals surface area contributed by atoms with Crippen LogP contribution in [0.5, 0.6) is 11.5 Å². The monoisotopic (exact) mass is 324 g/mol. The first-order valence-electron chi connectivity index (χ1n) is 7.90. The molecule has 3 aromatic rings. The van der Waals surface area contributed by atoms with Gasteiger partial charge in [-0.3, -0.25) is 4.79 Å². The average molecular weight is 324 g/mol. The number of hydrogen-bond donors (Lipinski definition) is 0. The van der Waals surface area contributed by atoms with Gasteiger partial charge < -0.3 is 13.9 Å². The Hall–Kier alpha value is -2.75. The minimum Gasteiger partial charge on any atom is -0.497 e. The minimum absolute atomic E-state index is 0.146. The molecule has 0 aliphatic rings. The Morgan fingerprint density at radius 2 is 1.71 bits per heavy atom. The molecule has 0 saturated carbocycles. The number of fused-ring (bicyclic) bond motifs is 1. The molecule has 3 rings (SSSR count). The number of aryl methyl sites for hydroxylation is 2. The first-order valence-corrected chi connectivity index (χ1v) is 7.90. The molecule has 1 aromatic heterocycles. The third-order valence-corrected chi connectivity index (χ3v) is 4.11. The fraction of sp³-hybridized carbons (Fsp3) is 0.250. The minimum atomic E-state index is -0.146. The summed E-state index contributed by atoms with van der Waals surface area (Å²) in [7, 11) is 1.61. The summed E-state index contributed by atoms with van der Waals surface area (Å²) in [5, 5.41) is 0.541. The normalized spacial score (nSPS) is 10.8. The molecule has 0 saturated heterocycles. The van der Waals surface area contributed by atoms with Crippen LogP contribution in [0.4, 0.5) is 0 Å². The maximum atomic E-state index is 12.9. The quantitative estimate of drug-likeness (QED) is 0.710. The molecule has 1 heterocycles. The second-order valence-corrected chi connectivity index (χ2v) is 5.68. The number of hydrogen-bond acceptors (Lipinski definition) is 4. The van der Waals surface area contributed by atoms with E-state index in [1.54, 1.807) is 7.11 Å². The van der Waals surface area contributed by atoms with Gasteiger partial charge >= 0.3 is 0 Å². The largest absolute Gasteiger partial charge is 0.497 e. The van der Waals surface area contributed by atoms with Crippen molar-refractivity contribution in [1.82, 2.24) is 0 Å². The summed E-state index contributed by atoms with van der Waals surface area (Å²) in [5.41, 5.74) is 3.32. The number of rotatable bonds is 4. The topological polar surface area (TPSA) is 48.7 Å². The summed E-state index contributed by atoms with van der Waals surface area (Å²) < 4.78 is 16.9. The lowest BCUT2D eigenvalue weighted by atomic mass is 10.0. The molecule has 0 amide bonds. The molecule has 0 atom stereocenters. The molecule has 0 fully saturated rings. The summed E-state index contributed by atoms with van der Waals surface area (Å²) in [4.78, 5) is 12.9. The summed E-state index contributed by atoms with van der Waals surface area (Å²) in [6.07, 6.45) is 0. The maximum Gasteiger partial charge on any atom is 0.235 e. The van der Waals surface area contributed by atoms with Crippen LogP contribution in [0.3, 0.4) is 0 Å². The number of benzene rings is 2. The van der Waals surface area contributed by atoms with E-state index >= 15 is 0 Å². The molecule has 0 aliphatic carbocycles. The lowest BCUT2D eigenvalue weighted by Gasteiger charge is -2.12. The summed E-state index contributed by atoms with van der Waals surface area (Å²) in [6, 6.07) is 11.1. The van der Waals surface area contributed by atoms with Crippen molar-refractivity contribution >= 4 is 11.0 Å². The molecule has 0 radical (unpaired) electrons. The highest BCUT2D eigenvalue weighted by Gasteiger charge is 2.18. The smallest absolute Gasteiger partial charge is 0.235 e. The van der Waals surface area contributed by atoms with Gasteiger partial charge in [-0.05, 0) is 68.3 Å². The molecule has 0 bridgehead atoms. The van der Waals surface area contributed by atoms with Gasteiger partial charge in [-0.25, -0.2) is 0 Å². The van der Waals surface area contributed by atoms with Gasteiger partial charge in [0.05, 0.1) is 19.1 Å². The van der Waals surface area contributed by atoms with Gasteiger partial charge in [0.15, 0.2) is 5.76 Å². The van der Waals surface area contributed by atoms with Crippen LogP contribution < -0.4 is 14.9 Å². The lowest BCUT2D eigenvalue weighted by molar-refractivity contribution is 0.330. The lowest BCUT2D eigenvalue weighted by Crippen LogP contribution is -2.10. The fourth-order valence-corrected chi connectivity index (χ4v) is 2.64. The van der Waals surface area contributed by atoms with Crippen molar-refractivity contribution < 1.29 is 13.9 Å². The maximum absolute atomic E-state index is 12.9. The Morgan fingerprint density at radius 1 is 1.04 bits per heavy atom. The molecule has 0 spiro atoms. The van der Waals surface area contributed by atoms with Crippen LogP contribution in [0.25, 0.3) is 22.3 Å². The van der Waals surface area contributed by atoms with E-state index in [9.17, 15) is 4.79 Å². The first-order chi connectivity index (χ1) is 11.5. The second-order valence-electron chi connectivity index (χ2n) is 5.68. The zero-order valence-electron chi connectivity index (χ0n) is 14.3. The highest BCUT2D eigenvalue weighted by atomic mass is 16.5. The molecular formula is C20H20O4. The van der Waals surface area contributed by atoms with Crippen LogP contribution >= 0.6 is 0 Å². The molecule has 0 unspecified atom stereocenters. The number of ether oxygens (including phenoxy) is 2. The third-order valence-electron chi connectivity index (χ3n) is 4.11. The Bertz CT molecular complexity index is 936. The van der Waals surface area contributed by atoms with E-state index in [0.29, 0.717) is 23.3 Å². The van der Waals surface area contributed by atoms with Crippen molar-refractivity contribution in [2.75, 3.05) is 13.7 Å². The van der Waals surface area contributed by atoms with Crippen LogP contribution in [0.2, 0.25) is 0 Å². The SMILES string of the molecule is CCOc1c(-c2ccc(OC)cc2)oc2cc(C)c(C)cc2c1=O. The van der Waals surface area contributed by atoms with E-state index in [4.69, 9.17) is 13.9 Å². The molecule has 4 nitrogen and oxygen atoms in total. The van der Waals surface area contributed by atoms with Gasteiger partial charge in [0.2, 0.25) is 11.2 Å². The van der Waals surface area contributed by atoms with E-state index in [2.05, 4.69) is 0 Å². The predicted octanol–water partition coefficient (Wildman–Crippen LogP) is 4.48. The highest BCUT2D eigenvalue weighted by Crippen LogP contribution is 2.32. The van der Waals surface area contributed by atoms with Crippen LogP contribution in [-0.2, 0) is 0 Å². The molecule has 2 aromatic carbocycles. The molecule has 24 heavy (non-hydrogen) atoms. The summed E-state index contributed by atoms with van der Waals surface area (Å²) >= 11 is 0. The fourth-order valence-electron chi connectivity index (χ4n) is 2.64. The molecule has 0 aliphatic heterocycles. The summed E-state index contributed by atoms with van der Waals surface area (Å²) in [6.45, 7) is 6.22. The number of methoxy groups -OCH3 is 1. The van der Waals surface area contributed by atoms with Crippen molar-refractivity contribution in [3.8, 4) is 22.8 Å². The zero-order valence-corrected chi connectivity index (χ0v) is 14.3. The van der Waals surface area contributed by atoms with Crippen molar-refractivity contribution in [1.29, 1.82) is 0 Å². The standard InChI is InChI=1S/C20H20O4/c1-5-23-20-18(21)16-10-12(2)13(3)11-17(16)24-19(20)14-6-8-15(22-4)9-7-14/h6-11H,5H2,1-4H3. The Balaban J connectivity index is 2.30. The third kappa shape index (κ3) is 2.75. The van der Waals surface area contributed by atoms with E-state index in [-0.39, 0.29) is 11.2 Å². The van der Waals surface area contributed by atoms with Crippen molar-refractivity contribution in [2.45, 2.75) is 20.8 Å². The highest BCUT2D eigenvalue weighted by molar-refractivity contribution is 5.83. The second kappa shape index (κ2) is 6.40. The van der Waals surface area contributed by atoms with Gasteiger partial charge in [0.25, 0.3) is 0 Å². The van der Waals surface area contributed by atoms with Crippen LogP contribution in [0, 0.1) is 13.8 Å². The van der Waals surface area contributed by atoms with Gasteiger partial charge in [-0.1, -0.05) is 0 Å². The van der Waals surface area contributed by atoms with Crippen LogP contribution in [0.15, 0.2) is 45.6 Å². The van der Waals surface area contributed by atoms with Crippen molar-refractivity contribution in [3.63, 3.8) is 0 Å². The van der Waals surface area contributed by atoms with E-state index in [0.717, 1.165) is 22.4 Å². The van der Waals surface area contributed by atoms with Gasteiger partial charge in [-0.15, -0.1) is 0 Å². The van der Waals surface area contributed by atoms with Gasteiger partial charge in [0.1, 0.15) is 11.3 Å². The molecule has 124 valence electrons. The summed E-state index contributed by atoms with van der Waals surface area (Å²) in [5.74, 6) is 1.44. The van der Waals surface area contributed by atoms with E-state index < -0.39 is 0 Å². The van der Waals surface area contributed by atoms with Crippen molar-refractivity contribution in [3.05, 3.63) is 57.7 Å². The predicted molar refractivity (Wildman–Crippen MR) is 95.1 cm³/mol. The zero-order chi connectivity index (χ0) is 17.3. The van der Waals surface area contributed by atoms with Gasteiger partial charge in [0, 0.05) is 5.56 Å². The first kappa shape index (κ1) is 16.1. The van der Waals surface area contributed by atoms with E-state index in [1.165, 1.54) is 0 Å². The van der Waals surface area contributed by atoms with Crippen molar-refractivity contribution in [2.24, 2.45) is 0 Å². The molecule has 0 N–H and O–H groups in total. The van der Waals surface area contributed by atoms with Gasteiger partial charge in [-0.2, -0.15) is 0 Å². The molecular weight excluding hydrogens is 304 g/mol. The Morgan fingerprint density at radius 3 is 2.33 bits per heavy atom. The Kier molecular flexibility index (Phi) is 4.30. The van der Waals surface area contributed by atoms with E-state index in [1.807, 2.05) is 57.2 Å². The average Bonchev–Trinajstić information content (AvgIpc) is 2.59. The van der Waals surface area contributed by atoms with Crippen LogP contribution in [0.1, 0.15) is 18.1 Å². The Labute approximate surface area is 140 Å².